The Morgan fingerprint density at radius 1 is 1.19 bits per heavy atom. The number of aliphatic hydroxyl groups is 1. The van der Waals surface area contributed by atoms with Crippen molar-refractivity contribution in [3.05, 3.63) is 57.9 Å². The number of benzene rings is 1. The van der Waals surface area contributed by atoms with Crippen LogP contribution in [0, 0.1) is 26.2 Å². The predicted octanol–water partition coefficient (Wildman–Crippen LogP) is 3.19. The topological polar surface area (TPSA) is 105 Å². The van der Waals surface area contributed by atoms with Crippen molar-refractivity contribution < 1.29 is 23.9 Å². The summed E-state index contributed by atoms with van der Waals surface area (Å²) in [4.78, 5) is 41.5. The molecular weight excluding hydrogens is 415 g/mol. The molecule has 1 heterocycles. The molecule has 1 aliphatic carbocycles. The molecule has 1 fully saturated rings. The maximum atomic E-state index is 13.5. The molecule has 3 rings (SSSR count). The molecule has 1 saturated carbocycles. The first-order chi connectivity index (χ1) is 15.1. The van der Waals surface area contributed by atoms with Gasteiger partial charge in [0.2, 0.25) is 5.69 Å². The van der Waals surface area contributed by atoms with Crippen LogP contribution in [0.4, 0.5) is 15.8 Å². The van der Waals surface area contributed by atoms with Crippen molar-refractivity contribution >= 4 is 29.0 Å². The minimum atomic E-state index is -0.748. The molecule has 1 aromatic heterocycles. The van der Waals surface area contributed by atoms with Crippen LogP contribution in [-0.2, 0) is 11.8 Å². The van der Waals surface area contributed by atoms with E-state index in [0.717, 1.165) is 6.07 Å². The largest absolute Gasteiger partial charge is 0.393 e. The summed E-state index contributed by atoms with van der Waals surface area (Å²) >= 11 is 0. The Kier molecular flexibility index (Phi) is 6.75. The van der Waals surface area contributed by atoms with E-state index in [-0.39, 0.29) is 34.8 Å². The van der Waals surface area contributed by atoms with Crippen LogP contribution in [0.1, 0.15) is 57.8 Å². The number of anilines is 1. The number of carbonyl (C=O) groups excluding carboxylic acids is 3. The van der Waals surface area contributed by atoms with E-state index < -0.39 is 23.4 Å². The van der Waals surface area contributed by atoms with Crippen molar-refractivity contribution in [2.45, 2.75) is 51.7 Å². The van der Waals surface area contributed by atoms with Gasteiger partial charge < -0.3 is 20.3 Å². The molecule has 2 amide bonds. The highest BCUT2D eigenvalue weighted by Crippen LogP contribution is 2.26. The lowest BCUT2D eigenvalue weighted by Crippen LogP contribution is -2.42. The predicted molar refractivity (Wildman–Crippen MR) is 116 cm³/mol. The molecule has 8 nitrogen and oxygen atoms in total. The number of aromatic nitrogens is 1. The molecule has 0 spiro atoms. The third-order valence-corrected chi connectivity index (χ3v) is 5.94. The van der Waals surface area contributed by atoms with E-state index in [9.17, 15) is 23.9 Å². The van der Waals surface area contributed by atoms with Crippen molar-refractivity contribution in [3.63, 3.8) is 0 Å². The fourth-order valence-corrected chi connectivity index (χ4v) is 4.08. The van der Waals surface area contributed by atoms with Crippen LogP contribution in [0.25, 0.3) is 4.85 Å². The van der Waals surface area contributed by atoms with Crippen molar-refractivity contribution in [1.29, 1.82) is 0 Å². The van der Waals surface area contributed by atoms with Crippen LogP contribution < -0.4 is 10.6 Å². The number of halogens is 1. The molecule has 0 saturated heterocycles. The lowest BCUT2D eigenvalue weighted by Gasteiger charge is -2.25. The smallest absolute Gasteiger partial charge is 0.294 e. The number of hydrogen-bond donors (Lipinski definition) is 3. The zero-order chi connectivity index (χ0) is 23.6. The first-order valence-corrected chi connectivity index (χ1v) is 10.3. The molecule has 1 aliphatic rings. The van der Waals surface area contributed by atoms with Gasteiger partial charge in [0.1, 0.15) is 5.82 Å². The normalized spacial score (nSPS) is 18.0. The third kappa shape index (κ3) is 4.55. The lowest BCUT2D eigenvalue weighted by atomic mass is 9.93. The number of carbonyl (C=O) groups is 3. The highest BCUT2D eigenvalue weighted by molar-refractivity contribution is 6.43. The van der Waals surface area contributed by atoms with Gasteiger partial charge in [-0.05, 0) is 63.3 Å². The number of nitrogens with zero attached hydrogens (tertiary/aromatic N) is 2. The minimum absolute atomic E-state index is 0.113. The lowest BCUT2D eigenvalue weighted by molar-refractivity contribution is -0.118. The van der Waals surface area contributed by atoms with Crippen molar-refractivity contribution in [3.8, 4) is 0 Å². The molecular formula is C23H25FN4O4. The molecule has 9 heteroatoms. The quantitative estimate of drug-likeness (QED) is 0.377. The SMILES string of the molecule is [C-]#[N+]c1cc(NC(=O)c2c(C)c(C(=O)C(=O)NC3CCC(O)CC3)n(C)c2C)ccc1F. The molecule has 0 radical (unpaired) electrons. The second-order valence-corrected chi connectivity index (χ2v) is 8.03. The number of aliphatic hydroxyl groups excluding tert-OH is 1. The van der Waals surface area contributed by atoms with Gasteiger partial charge in [-0.25, -0.2) is 9.24 Å². The Morgan fingerprint density at radius 3 is 2.47 bits per heavy atom. The van der Waals surface area contributed by atoms with Crippen LogP contribution in [0.2, 0.25) is 0 Å². The second-order valence-electron chi connectivity index (χ2n) is 8.03. The minimum Gasteiger partial charge on any atom is -0.393 e. The van der Waals surface area contributed by atoms with Crippen molar-refractivity contribution in [2.75, 3.05) is 5.32 Å². The summed E-state index contributed by atoms with van der Waals surface area (Å²) in [5.74, 6) is -2.70. The van der Waals surface area contributed by atoms with Crippen LogP contribution >= 0.6 is 0 Å². The summed E-state index contributed by atoms with van der Waals surface area (Å²) in [5, 5.41) is 15.0. The van der Waals surface area contributed by atoms with Gasteiger partial charge in [-0.2, -0.15) is 0 Å². The molecule has 1 aromatic carbocycles. The monoisotopic (exact) mass is 440 g/mol. The molecule has 0 atom stereocenters. The average Bonchev–Trinajstić information content (AvgIpc) is 2.98. The maximum Gasteiger partial charge on any atom is 0.294 e. The fraction of sp³-hybridized carbons (Fsp3) is 0.391. The molecule has 0 bridgehead atoms. The highest BCUT2D eigenvalue weighted by Gasteiger charge is 2.30. The van der Waals surface area contributed by atoms with Gasteiger partial charge in [0.25, 0.3) is 17.6 Å². The molecule has 32 heavy (non-hydrogen) atoms. The van der Waals surface area contributed by atoms with Crippen molar-refractivity contribution in [2.24, 2.45) is 7.05 Å². The molecule has 3 N–H and O–H groups in total. The maximum absolute atomic E-state index is 13.5. The number of hydrogen-bond acceptors (Lipinski definition) is 4. The standard InChI is InChI=1S/C23H25FN4O4/c1-12-19(22(31)27-15-7-10-17(24)18(11-15)25-3)13(2)28(4)20(12)21(30)23(32)26-14-5-8-16(29)9-6-14/h7,10-11,14,16,29H,5-6,8-9H2,1-2,4H3,(H,26,32)(H,27,31). The zero-order valence-corrected chi connectivity index (χ0v) is 18.2. The van der Waals surface area contributed by atoms with Crippen LogP contribution in [0.15, 0.2) is 18.2 Å². The van der Waals surface area contributed by atoms with Gasteiger partial charge in [0.15, 0.2) is 0 Å². The Morgan fingerprint density at radius 2 is 1.84 bits per heavy atom. The Bertz CT molecular complexity index is 1120. The third-order valence-electron chi connectivity index (χ3n) is 5.94. The number of nitrogens with one attached hydrogen (secondary N) is 2. The number of Topliss-reactive ketones (excluding diaryl/α,β-unsaturated/α-hetero) is 1. The Hall–Kier alpha value is -3.51. The Labute approximate surface area is 185 Å². The van der Waals surface area contributed by atoms with E-state index in [1.807, 2.05) is 0 Å². The fourth-order valence-electron chi connectivity index (χ4n) is 4.08. The van der Waals surface area contributed by atoms with E-state index in [4.69, 9.17) is 6.57 Å². The van der Waals surface area contributed by atoms with E-state index in [1.54, 1.807) is 20.9 Å². The van der Waals surface area contributed by atoms with Crippen LogP contribution in [0.5, 0.6) is 0 Å². The van der Waals surface area contributed by atoms with Gasteiger partial charge in [-0.15, -0.1) is 0 Å². The van der Waals surface area contributed by atoms with E-state index >= 15 is 0 Å². The zero-order valence-electron chi connectivity index (χ0n) is 18.2. The van der Waals surface area contributed by atoms with Crippen LogP contribution in [-0.4, -0.2) is 39.4 Å². The molecule has 168 valence electrons. The van der Waals surface area contributed by atoms with E-state index in [2.05, 4.69) is 15.5 Å². The van der Waals surface area contributed by atoms with Gasteiger partial charge in [0.05, 0.1) is 23.9 Å². The van der Waals surface area contributed by atoms with Crippen molar-refractivity contribution in [1.82, 2.24) is 9.88 Å². The van der Waals surface area contributed by atoms with Gasteiger partial charge in [0, 0.05) is 24.5 Å². The summed E-state index contributed by atoms with van der Waals surface area (Å²) in [6.45, 7) is 10.3. The summed E-state index contributed by atoms with van der Waals surface area (Å²) in [6, 6.07) is 3.50. The number of ketones is 1. The van der Waals surface area contributed by atoms with E-state index in [1.165, 1.54) is 16.7 Å². The number of amides is 2. The first kappa shape index (κ1) is 23.2. The second kappa shape index (κ2) is 9.32. The van der Waals surface area contributed by atoms with Crippen LogP contribution in [0.3, 0.4) is 0 Å². The average molecular weight is 440 g/mol. The van der Waals surface area contributed by atoms with Gasteiger partial charge >= 0.3 is 0 Å². The Balaban J connectivity index is 1.81. The summed E-state index contributed by atoms with van der Waals surface area (Å²) < 4.78 is 15.1. The summed E-state index contributed by atoms with van der Waals surface area (Å²) in [5.41, 5.74) is 1.22. The van der Waals surface area contributed by atoms with Gasteiger partial charge in [-0.1, -0.05) is 0 Å². The van der Waals surface area contributed by atoms with E-state index in [0.29, 0.717) is 36.9 Å². The first-order valence-electron chi connectivity index (χ1n) is 10.3. The number of rotatable bonds is 5. The molecule has 0 aliphatic heterocycles. The molecule has 2 aromatic rings. The highest BCUT2D eigenvalue weighted by atomic mass is 19.1. The summed E-state index contributed by atoms with van der Waals surface area (Å²) in [7, 11) is 1.60. The van der Waals surface area contributed by atoms with Gasteiger partial charge in [-0.3, -0.25) is 14.4 Å². The molecule has 0 unspecified atom stereocenters. The summed E-state index contributed by atoms with van der Waals surface area (Å²) in [6.07, 6.45) is 1.98.